The number of nitrogens with zero attached hydrogens (tertiary/aromatic N) is 1. The molecule has 0 amide bonds. The summed E-state index contributed by atoms with van der Waals surface area (Å²) < 4.78 is 1.20. The quantitative estimate of drug-likeness (QED) is 0.861. The molecule has 0 bridgehead atoms. The molecule has 1 heterocycles. The Morgan fingerprint density at radius 3 is 2.60 bits per heavy atom. The van der Waals surface area contributed by atoms with Crippen LogP contribution in [0.15, 0.2) is 22.7 Å². The van der Waals surface area contributed by atoms with Crippen LogP contribution in [0.5, 0.6) is 0 Å². The summed E-state index contributed by atoms with van der Waals surface area (Å²) in [5, 5.41) is 3.73. The van der Waals surface area contributed by atoms with Crippen LogP contribution in [0.2, 0.25) is 0 Å². The monoisotopic (exact) mass is 338 g/mol. The Bertz CT molecular complexity index is 465. The highest BCUT2D eigenvalue weighted by atomic mass is 79.9. The van der Waals surface area contributed by atoms with Gasteiger partial charge in [-0.3, -0.25) is 0 Å². The minimum absolute atomic E-state index is 0.291. The number of aryl methyl sites for hydroxylation is 1. The first-order chi connectivity index (χ1) is 9.32. The maximum atomic E-state index is 3.73. The highest BCUT2D eigenvalue weighted by molar-refractivity contribution is 9.10. The van der Waals surface area contributed by atoms with Crippen LogP contribution in [0, 0.1) is 12.3 Å². The summed E-state index contributed by atoms with van der Waals surface area (Å²) in [4.78, 5) is 2.58. The SMILES string of the molecule is CCC1CNC(C(C)(C)C)CN1c1ccc(C)c(Br)c1. The van der Waals surface area contributed by atoms with Crippen molar-refractivity contribution in [3.63, 3.8) is 0 Å². The maximum absolute atomic E-state index is 3.73. The first-order valence-electron chi connectivity index (χ1n) is 7.59. The topological polar surface area (TPSA) is 15.3 Å². The van der Waals surface area contributed by atoms with Gasteiger partial charge in [0.2, 0.25) is 0 Å². The Morgan fingerprint density at radius 1 is 1.35 bits per heavy atom. The van der Waals surface area contributed by atoms with Crippen molar-refractivity contribution in [2.45, 2.75) is 53.1 Å². The van der Waals surface area contributed by atoms with Crippen LogP contribution in [0.3, 0.4) is 0 Å². The lowest BCUT2D eigenvalue weighted by molar-refractivity contribution is 0.233. The van der Waals surface area contributed by atoms with Gasteiger partial charge in [0.15, 0.2) is 0 Å². The van der Waals surface area contributed by atoms with Gasteiger partial charge in [-0.1, -0.05) is 49.7 Å². The molecule has 2 atom stereocenters. The average Bonchev–Trinajstić information content (AvgIpc) is 2.40. The molecule has 1 N–H and O–H groups in total. The summed E-state index contributed by atoms with van der Waals surface area (Å²) in [7, 11) is 0. The van der Waals surface area contributed by atoms with E-state index >= 15 is 0 Å². The molecule has 1 aliphatic rings. The van der Waals surface area contributed by atoms with Crippen molar-refractivity contribution in [3.8, 4) is 0 Å². The van der Waals surface area contributed by atoms with E-state index in [1.54, 1.807) is 0 Å². The van der Waals surface area contributed by atoms with Crippen molar-refractivity contribution >= 4 is 21.6 Å². The second-order valence-corrected chi connectivity index (χ2v) is 7.83. The third-order valence-electron chi connectivity index (χ3n) is 4.42. The third kappa shape index (κ3) is 3.37. The lowest BCUT2D eigenvalue weighted by Crippen LogP contribution is -2.60. The van der Waals surface area contributed by atoms with Gasteiger partial charge in [-0.25, -0.2) is 0 Å². The normalized spacial score (nSPS) is 24.0. The van der Waals surface area contributed by atoms with Gasteiger partial charge in [0.25, 0.3) is 0 Å². The maximum Gasteiger partial charge on any atom is 0.0412 e. The lowest BCUT2D eigenvalue weighted by Gasteiger charge is -2.46. The van der Waals surface area contributed by atoms with E-state index in [4.69, 9.17) is 0 Å². The first kappa shape index (κ1) is 15.8. The van der Waals surface area contributed by atoms with Gasteiger partial charge in [-0.2, -0.15) is 0 Å². The molecular formula is C17H27BrN2. The molecule has 112 valence electrons. The summed E-state index contributed by atoms with van der Waals surface area (Å²) in [6.07, 6.45) is 1.18. The van der Waals surface area contributed by atoms with Crippen LogP contribution in [0.1, 0.15) is 39.7 Å². The lowest BCUT2D eigenvalue weighted by atomic mass is 9.84. The molecule has 20 heavy (non-hydrogen) atoms. The fourth-order valence-corrected chi connectivity index (χ4v) is 3.19. The van der Waals surface area contributed by atoms with Crippen LogP contribution >= 0.6 is 15.9 Å². The van der Waals surface area contributed by atoms with Gasteiger partial charge in [0, 0.05) is 35.3 Å². The van der Waals surface area contributed by atoms with Crippen LogP contribution in [0.25, 0.3) is 0 Å². The molecule has 1 aromatic carbocycles. The predicted octanol–water partition coefficient (Wildman–Crippen LogP) is 4.36. The molecule has 1 aromatic rings. The molecule has 2 nitrogen and oxygen atoms in total. The van der Waals surface area contributed by atoms with Gasteiger partial charge in [0.1, 0.15) is 0 Å². The van der Waals surface area contributed by atoms with E-state index in [-0.39, 0.29) is 0 Å². The van der Waals surface area contributed by atoms with Gasteiger partial charge in [-0.15, -0.1) is 0 Å². The van der Waals surface area contributed by atoms with E-state index in [1.807, 2.05) is 0 Å². The van der Waals surface area contributed by atoms with Crippen molar-refractivity contribution in [3.05, 3.63) is 28.2 Å². The van der Waals surface area contributed by atoms with Gasteiger partial charge >= 0.3 is 0 Å². The van der Waals surface area contributed by atoms with Crippen LogP contribution in [0.4, 0.5) is 5.69 Å². The standard InChI is InChI=1S/C17H27BrN2/c1-6-13-10-19-16(17(3,4)5)11-20(13)14-8-7-12(2)15(18)9-14/h7-9,13,16,19H,6,10-11H2,1-5H3. The van der Waals surface area contributed by atoms with Crippen LogP contribution in [-0.4, -0.2) is 25.2 Å². The highest BCUT2D eigenvalue weighted by Crippen LogP contribution is 2.30. The van der Waals surface area contributed by atoms with E-state index in [9.17, 15) is 0 Å². The number of nitrogens with one attached hydrogen (secondary N) is 1. The zero-order valence-corrected chi connectivity index (χ0v) is 14.9. The summed E-state index contributed by atoms with van der Waals surface area (Å²) in [5.41, 5.74) is 2.92. The van der Waals surface area contributed by atoms with E-state index in [2.05, 4.69) is 79.0 Å². The van der Waals surface area contributed by atoms with Crippen molar-refractivity contribution in [2.75, 3.05) is 18.0 Å². The Labute approximate surface area is 132 Å². The molecule has 2 unspecified atom stereocenters. The molecule has 1 aliphatic heterocycles. The largest absolute Gasteiger partial charge is 0.366 e. The number of rotatable bonds is 2. The van der Waals surface area contributed by atoms with Crippen LogP contribution < -0.4 is 10.2 Å². The zero-order chi connectivity index (χ0) is 14.9. The number of piperazine rings is 1. The molecule has 0 saturated carbocycles. The van der Waals surface area contributed by atoms with E-state index in [0.29, 0.717) is 17.5 Å². The summed E-state index contributed by atoms with van der Waals surface area (Å²) >= 11 is 3.67. The first-order valence-corrected chi connectivity index (χ1v) is 8.38. The van der Waals surface area contributed by atoms with Gasteiger partial charge in [0.05, 0.1) is 0 Å². The highest BCUT2D eigenvalue weighted by Gasteiger charge is 2.33. The number of hydrogen-bond acceptors (Lipinski definition) is 2. The summed E-state index contributed by atoms with van der Waals surface area (Å²) in [6, 6.07) is 7.85. The second-order valence-electron chi connectivity index (χ2n) is 6.97. The molecule has 0 radical (unpaired) electrons. The Balaban J connectivity index is 2.27. The smallest absolute Gasteiger partial charge is 0.0412 e. The molecular weight excluding hydrogens is 312 g/mol. The van der Waals surface area contributed by atoms with E-state index < -0.39 is 0 Å². The van der Waals surface area contributed by atoms with Crippen molar-refractivity contribution < 1.29 is 0 Å². The Kier molecular flexibility index (Phi) is 4.80. The van der Waals surface area contributed by atoms with Gasteiger partial charge < -0.3 is 10.2 Å². The number of halogens is 1. The fourth-order valence-electron chi connectivity index (χ4n) is 2.82. The van der Waals surface area contributed by atoms with Crippen molar-refractivity contribution in [2.24, 2.45) is 5.41 Å². The number of hydrogen-bond donors (Lipinski definition) is 1. The molecule has 0 aromatic heterocycles. The van der Waals surface area contributed by atoms with Crippen molar-refractivity contribution in [1.82, 2.24) is 5.32 Å². The predicted molar refractivity (Wildman–Crippen MR) is 91.5 cm³/mol. The number of anilines is 1. The molecule has 1 saturated heterocycles. The summed E-state index contributed by atoms with van der Waals surface area (Å²) in [6.45, 7) is 13.5. The second kappa shape index (κ2) is 6.07. The zero-order valence-electron chi connectivity index (χ0n) is 13.3. The van der Waals surface area contributed by atoms with E-state index in [1.165, 1.54) is 22.1 Å². The minimum atomic E-state index is 0.291. The molecule has 0 aliphatic carbocycles. The fraction of sp³-hybridized carbons (Fsp3) is 0.647. The average molecular weight is 339 g/mol. The van der Waals surface area contributed by atoms with Crippen molar-refractivity contribution in [1.29, 1.82) is 0 Å². The minimum Gasteiger partial charge on any atom is -0.366 e. The molecule has 1 fully saturated rings. The summed E-state index contributed by atoms with van der Waals surface area (Å²) in [5.74, 6) is 0. The Morgan fingerprint density at radius 2 is 2.05 bits per heavy atom. The molecule has 2 rings (SSSR count). The van der Waals surface area contributed by atoms with E-state index in [0.717, 1.165) is 13.1 Å². The Hall–Kier alpha value is -0.540. The number of benzene rings is 1. The third-order valence-corrected chi connectivity index (χ3v) is 5.28. The van der Waals surface area contributed by atoms with Gasteiger partial charge in [-0.05, 0) is 36.5 Å². The molecule has 3 heteroatoms. The molecule has 0 spiro atoms. The van der Waals surface area contributed by atoms with Crippen LogP contribution in [-0.2, 0) is 0 Å².